The van der Waals surface area contributed by atoms with Crippen LogP contribution in [0.25, 0.3) is 11.1 Å². The first kappa shape index (κ1) is 22.3. The molecular weight excluding hydrogens is 422 g/mol. The van der Waals surface area contributed by atoms with Gasteiger partial charge in [-0.25, -0.2) is 4.79 Å². The van der Waals surface area contributed by atoms with Crippen molar-refractivity contribution in [1.82, 2.24) is 15.1 Å². The number of aryl methyl sites for hydroxylation is 1. The number of amides is 1. The van der Waals surface area contributed by atoms with Gasteiger partial charge in [0.1, 0.15) is 5.69 Å². The Morgan fingerprint density at radius 3 is 2.42 bits per heavy atom. The van der Waals surface area contributed by atoms with Gasteiger partial charge in [0, 0.05) is 30.6 Å². The van der Waals surface area contributed by atoms with Gasteiger partial charge in [-0.15, -0.1) is 0 Å². The van der Waals surface area contributed by atoms with E-state index >= 15 is 0 Å². The zero-order valence-corrected chi connectivity index (χ0v) is 17.5. The van der Waals surface area contributed by atoms with Gasteiger partial charge >= 0.3 is 5.97 Å². The summed E-state index contributed by atoms with van der Waals surface area (Å²) in [7, 11) is 1.48. The molecular formula is C22H22ClN3O5. The summed E-state index contributed by atoms with van der Waals surface area (Å²) < 4.78 is 1.16. The van der Waals surface area contributed by atoms with E-state index in [2.05, 4.69) is 10.4 Å². The summed E-state index contributed by atoms with van der Waals surface area (Å²) in [6.45, 7) is 0. The van der Waals surface area contributed by atoms with Gasteiger partial charge in [0.25, 0.3) is 11.5 Å². The zero-order valence-electron chi connectivity index (χ0n) is 16.7. The van der Waals surface area contributed by atoms with Gasteiger partial charge < -0.3 is 15.5 Å². The Balaban J connectivity index is 1.76. The van der Waals surface area contributed by atoms with Crippen molar-refractivity contribution in [3.8, 4) is 11.1 Å². The minimum atomic E-state index is -1.63. The quantitative estimate of drug-likeness (QED) is 0.425. The summed E-state index contributed by atoms with van der Waals surface area (Å²) >= 11 is 6.04. The lowest BCUT2D eigenvalue weighted by Crippen LogP contribution is -2.40. The van der Waals surface area contributed by atoms with Crippen molar-refractivity contribution in [3.05, 3.63) is 81.2 Å². The Morgan fingerprint density at radius 2 is 1.84 bits per heavy atom. The number of benzene rings is 2. The Labute approximate surface area is 183 Å². The normalized spacial score (nSPS) is 12.9. The number of aromatic amines is 1. The van der Waals surface area contributed by atoms with Crippen molar-refractivity contribution < 1.29 is 19.8 Å². The summed E-state index contributed by atoms with van der Waals surface area (Å²) in [5.41, 5.74) is 2.44. The maximum atomic E-state index is 12.5. The molecule has 0 bridgehead atoms. The first-order valence-corrected chi connectivity index (χ1v) is 9.93. The van der Waals surface area contributed by atoms with Crippen molar-refractivity contribution in [2.24, 2.45) is 7.05 Å². The monoisotopic (exact) mass is 443 g/mol. The second-order valence-corrected chi connectivity index (χ2v) is 7.68. The van der Waals surface area contributed by atoms with E-state index in [0.29, 0.717) is 11.4 Å². The molecule has 0 aliphatic rings. The number of aromatic nitrogens is 2. The van der Waals surface area contributed by atoms with Gasteiger partial charge in [-0.1, -0.05) is 48.0 Å². The fourth-order valence-corrected chi connectivity index (χ4v) is 3.41. The number of aliphatic hydroxyl groups is 1. The van der Waals surface area contributed by atoms with Crippen molar-refractivity contribution >= 4 is 23.5 Å². The van der Waals surface area contributed by atoms with Crippen LogP contribution in [-0.2, 0) is 18.3 Å². The molecule has 0 saturated heterocycles. The third kappa shape index (κ3) is 5.84. The summed E-state index contributed by atoms with van der Waals surface area (Å²) in [5.74, 6) is -1.93. The molecule has 162 valence electrons. The van der Waals surface area contributed by atoms with Gasteiger partial charge in [0.05, 0.1) is 0 Å². The van der Waals surface area contributed by atoms with E-state index in [1.807, 2.05) is 42.5 Å². The maximum Gasteiger partial charge on any atom is 0.332 e. The second kappa shape index (κ2) is 9.63. The number of hydrogen-bond donors (Lipinski definition) is 4. The predicted molar refractivity (Wildman–Crippen MR) is 116 cm³/mol. The molecule has 0 aliphatic heterocycles. The lowest BCUT2D eigenvalue weighted by molar-refractivity contribution is -0.147. The average Bonchev–Trinajstić information content (AvgIpc) is 3.07. The van der Waals surface area contributed by atoms with E-state index in [1.54, 1.807) is 6.07 Å². The molecule has 1 amide bonds. The second-order valence-electron chi connectivity index (χ2n) is 7.24. The van der Waals surface area contributed by atoms with Gasteiger partial charge in [0.2, 0.25) is 0 Å². The third-order valence-electron chi connectivity index (χ3n) is 4.85. The lowest BCUT2D eigenvalue weighted by atomic mass is 9.97. The molecule has 8 nitrogen and oxygen atoms in total. The molecule has 0 spiro atoms. The van der Waals surface area contributed by atoms with Crippen LogP contribution in [0.1, 0.15) is 22.5 Å². The molecule has 2 atom stereocenters. The average molecular weight is 444 g/mol. The largest absolute Gasteiger partial charge is 0.479 e. The van der Waals surface area contributed by atoms with Gasteiger partial charge in [-0.3, -0.25) is 19.4 Å². The van der Waals surface area contributed by atoms with Crippen LogP contribution in [0.3, 0.4) is 0 Å². The Hall–Kier alpha value is -3.36. The molecule has 2 aromatic carbocycles. The number of carbonyl (C=O) groups excluding carboxylic acids is 1. The molecule has 0 radical (unpaired) electrons. The number of rotatable bonds is 8. The van der Waals surface area contributed by atoms with Crippen molar-refractivity contribution in [3.63, 3.8) is 0 Å². The predicted octanol–water partition coefficient (Wildman–Crippen LogP) is 2.21. The number of aliphatic carboxylic acids is 1. The molecule has 9 heteroatoms. The fraction of sp³-hybridized carbons (Fsp3) is 0.227. The van der Waals surface area contributed by atoms with E-state index in [0.717, 1.165) is 27.4 Å². The number of carboxylic acids is 1. The van der Waals surface area contributed by atoms with E-state index in [-0.39, 0.29) is 17.7 Å². The molecule has 3 aromatic rings. The Kier molecular flexibility index (Phi) is 6.94. The Morgan fingerprint density at radius 1 is 1.13 bits per heavy atom. The summed E-state index contributed by atoms with van der Waals surface area (Å²) in [6, 6.07) is 15.5. The molecule has 1 heterocycles. The molecule has 31 heavy (non-hydrogen) atoms. The number of hydrogen-bond acceptors (Lipinski definition) is 4. The molecule has 1 aromatic heterocycles. The SMILES string of the molecule is Cn1[nH]c(C(=O)NC(Cc2ccc(-c3cccc(Cl)c3)cc2)CC(O)C(=O)O)cc1=O. The molecule has 4 N–H and O–H groups in total. The number of carbonyl (C=O) groups is 2. The van der Waals surface area contributed by atoms with Gasteiger partial charge in [0.15, 0.2) is 6.10 Å². The highest BCUT2D eigenvalue weighted by molar-refractivity contribution is 6.30. The highest BCUT2D eigenvalue weighted by Crippen LogP contribution is 2.23. The summed E-state index contributed by atoms with van der Waals surface area (Å²) in [6.07, 6.45) is -1.53. The number of nitrogens with zero attached hydrogens (tertiary/aromatic N) is 1. The number of halogens is 1. The van der Waals surface area contributed by atoms with E-state index < -0.39 is 24.0 Å². The van der Waals surface area contributed by atoms with Crippen molar-refractivity contribution in [1.29, 1.82) is 0 Å². The van der Waals surface area contributed by atoms with Crippen LogP contribution in [0, 0.1) is 0 Å². The maximum absolute atomic E-state index is 12.5. The number of nitrogens with one attached hydrogen (secondary N) is 2. The van der Waals surface area contributed by atoms with Gasteiger partial charge in [-0.05, 0) is 35.2 Å². The number of carboxylic acid groups (broad SMARTS) is 1. The Bertz CT molecular complexity index is 1140. The van der Waals surface area contributed by atoms with E-state index in [9.17, 15) is 19.5 Å². The minimum absolute atomic E-state index is 0.0543. The standard InChI is InChI=1S/C22H22ClN3O5/c1-26-20(28)12-18(25-26)21(29)24-17(11-19(27)22(30)31)9-13-5-7-14(8-6-13)15-3-2-4-16(23)10-15/h2-8,10,12,17,19,25,27H,9,11H2,1H3,(H,24,29)(H,30,31). The van der Waals surface area contributed by atoms with Gasteiger partial charge in [-0.2, -0.15) is 0 Å². The summed E-state index contributed by atoms with van der Waals surface area (Å²) in [5, 5.41) is 24.8. The van der Waals surface area contributed by atoms with Crippen LogP contribution in [0.2, 0.25) is 5.02 Å². The smallest absolute Gasteiger partial charge is 0.332 e. The number of H-pyrrole nitrogens is 1. The van der Waals surface area contributed by atoms with Crippen LogP contribution in [0.4, 0.5) is 0 Å². The first-order valence-electron chi connectivity index (χ1n) is 9.55. The first-order chi connectivity index (χ1) is 14.7. The van der Waals surface area contributed by atoms with E-state index in [1.165, 1.54) is 7.05 Å². The minimum Gasteiger partial charge on any atom is -0.479 e. The fourth-order valence-electron chi connectivity index (χ4n) is 3.22. The molecule has 0 fully saturated rings. The van der Waals surface area contributed by atoms with E-state index in [4.69, 9.17) is 16.7 Å². The lowest BCUT2D eigenvalue weighted by Gasteiger charge is -2.20. The van der Waals surface area contributed by atoms with Crippen molar-refractivity contribution in [2.45, 2.75) is 25.0 Å². The van der Waals surface area contributed by atoms with Crippen LogP contribution in [0.15, 0.2) is 59.4 Å². The van der Waals surface area contributed by atoms with Crippen molar-refractivity contribution in [2.75, 3.05) is 0 Å². The zero-order chi connectivity index (χ0) is 22.5. The summed E-state index contributed by atoms with van der Waals surface area (Å²) in [4.78, 5) is 35.2. The highest BCUT2D eigenvalue weighted by atomic mass is 35.5. The third-order valence-corrected chi connectivity index (χ3v) is 5.09. The van der Waals surface area contributed by atoms with Crippen LogP contribution >= 0.6 is 11.6 Å². The number of aliphatic hydroxyl groups excluding tert-OH is 1. The van der Waals surface area contributed by atoms with Crippen LogP contribution < -0.4 is 10.9 Å². The molecule has 0 saturated carbocycles. The highest BCUT2D eigenvalue weighted by Gasteiger charge is 2.23. The topological polar surface area (TPSA) is 124 Å². The molecule has 3 rings (SSSR count). The van der Waals surface area contributed by atoms with Crippen LogP contribution in [-0.4, -0.2) is 44.0 Å². The molecule has 0 aliphatic carbocycles. The molecule has 2 unspecified atom stereocenters. The van der Waals surface area contributed by atoms with Crippen LogP contribution in [0.5, 0.6) is 0 Å².